The van der Waals surface area contributed by atoms with Crippen LogP contribution in [0.4, 0.5) is 0 Å². The van der Waals surface area contributed by atoms with Crippen molar-refractivity contribution in [2.45, 2.75) is 13.8 Å². The van der Waals surface area contributed by atoms with Crippen molar-refractivity contribution in [2.24, 2.45) is 0 Å². The van der Waals surface area contributed by atoms with Crippen LogP contribution in [0.1, 0.15) is 21.5 Å². The van der Waals surface area contributed by atoms with Gasteiger partial charge in [-0.25, -0.2) is 4.79 Å². The molecular weight excluding hydrogens is 202 g/mol. The zero-order valence-electron chi connectivity index (χ0n) is 9.57. The Labute approximate surface area is 94.1 Å². The van der Waals surface area contributed by atoms with Gasteiger partial charge in [-0.2, -0.15) is 0 Å². The van der Waals surface area contributed by atoms with Crippen LogP contribution in [0.5, 0.6) is 0 Å². The monoisotopic (exact) mass is 215 g/mol. The molecule has 0 fully saturated rings. The predicted molar refractivity (Wildman–Crippen MR) is 62.6 cm³/mol. The van der Waals surface area contributed by atoms with Crippen molar-refractivity contribution in [3.05, 3.63) is 41.1 Å². The Morgan fingerprint density at radius 1 is 1.25 bits per heavy atom. The number of fused-ring (bicyclic) bond motifs is 1. The molecule has 3 heteroatoms. The van der Waals surface area contributed by atoms with Crippen LogP contribution in [0, 0.1) is 13.8 Å². The van der Waals surface area contributed by atoms with Crippen LogP contribution in [0.25, 0.3) is 10.9 Å². The first-order valence-corrected chi connectivity index (χ1v) is 5.08. The molecule has 3 nitrogen and oxygen atoms in total. The lowest BCUT2D eigenvalue weighted by Gasteiger charge is -2.07. The molecule has 0 aliphatic heterocycles. The van der Waals surface area contributed by atoms with E-state index >= 15 is 0 Å². The number of aryl methyl sites for hydroxylation is 2. The van der Waals surface area contributed by atoms with E-state index in [0.717, 1.165) is 16.5 Å². The Bertz CT molecular complexity index is 561. The van der Waals surface area contributed by atoms with Gasteiger partial charge in [-0.3, -0.25) is 4.98 Å². The van der Waals surface area contributed by atoms with Crippen molar-refractivity contribution in [2.75, 3.05) is 7.11 Å². The van der Waals surface area contributed by atoms with Gasteiger partial charge in [-0.15, -0.1) is 0 Å². The fraction of sp³-hybridized carbons (Fsp3) is 0.231. The van der Waals surface area contributed by atoms with Crippen molar-refractivity contribution in [3.63, 3.8) is 0 Å². The molecule has 0 N–H and O–H groups in total. The first-order chi connectivity index (χ1) is 7.65. The molecule has 0 bridgehead atoms. The number of pyridine rings is 1. The SMILES string of the molecule is COC(=O)c1ccnc2c(C)c(C)ccc12. The Morgan fingerprint density at radius 2 is 2.00 bits per heavy atom. The van der Waals surface area contributed by atoms with E-state index in [9.17, 15) is 4.79 Å². The molecule has 0 radical (unpaired) electrons. The Balaban J connectivity index is 2.79. The van der Waals surface area contributed by atoms with E-state index in [1.807, 2.05) is 26.0 Å². The molecule has 2 aromatic rings. The summed E-state index contributed by atoms with van der Waals surface area (Å²) in [7, 11) is 1.38. The van der Waals surface area contributed by atoms with E-state index in [0.29, 0.717) is 5.56 Å². The van der Waals surface area contributed by atoms with Gasteiger partial charge in [-0.1, -0.05) is 12.1 Å². The van der Waals surface area contributed by atoms with E-state index in [-0.39, 0.29) is 5.97 Å². The number of ether oxygens (including phenoxy) is 1. The van der Waals surface area contributed by atoms with Crippen LogP contribution in [0.2, 0.25) is 0 Å². The van der Waals surface area contributed by atoms with Crippen LogP contribution in [0.3, 0.4) is 0 Å². The molecule has 0 spiro atoms. The summed E-state index contributed by atoms with van der Waals surface area (Å²) >= 11 is 0. The number of methoxy groups -OCH3 is 1. The smallest absolute Gasteiger partial charge is 0.338 e. The lowest BCUT2D eigenvalue weighted by Crippen LogP contribution is -2.03. The summed E-state index contributed by atoms with van der Waals surface area (Å²) < 4.78 is 4.75. The van der Waals surface area contributed by atoms with Gasteiger partial charge in [-0.05, 0) is 31.0 Å². The molecule has 16 heavy (non-hydrogen) atoms. The normalized spacial score (nSPS) is 10.4. The fourth-order valence-electron chi connectivity index (χ4n) is 1.75. The summed E-state index contributed by atoms with van der Waals surface area (Å²) in [6, 6.07) is 5.59. The molecule has 0 saturated heterocycles. The topological polar surface area (TPSA) is 39.2 Å². The highest BCUT2D eigenvalue weighted by atomic mass is 16.5. The molecule has 0 atom stereocenters. The van der Waals surface area contributed by atoms with Gasteiger partial charge in [0.25, 0.3) is 0 Å². The summed E-state index contributed by atoms with van der Waals surface area (Å²) in [5, 5.41) is 0.845. The number of rotatable bonds is 1. The predicted octanol–water partition coefficient (Wildman–Crippen LogP) is 2.64. The maximum absolute atomic E-state index is 11.6. The number of hydrogen-bond acceptors (Lipinski definition) is 3. The second-order valence-electron chi connectivity index (χ2n) is 3.75. The fourth-order valence-corrected chi connectivity index (χ4v) is 1.75. The number of nitrogens with zero attached hydrogens (tertiary/aromatic N) is 1. The number of benzene rings is 1. The molecule has 0 saturated carbocycles. The van der Waals surface area contributed by atoms with E-state index in [4.69, 9.17) is 4.74 Å². The van der Waals surface area contributed by atoms with Crippen molar-refractivity contribution < 1.29 is 9.53 Å². The number of carbonyl (C=O) groups excluding carboxylic acids is 1. The maximum Gasteiger partial charge on any atom is 0.338 e. The van der Waals surface area contributed by atoms with E-state index in [2.05, 4.69) is 4.98 Å². The van der Waals surface area contributed by atoms with Gasteiger partial charge >= 0.3 is 5.97 Å². The molecule has 1 aromatic carbocycles. The van der Waals surface area contributed by atoms with E-state index < -0.39 is 0 Å². The van der Waals surface area contributed by atoms with Gasteiger partial charge in [0.2, 0.25) is 0 Å². The molecule has 1 aromatic heterocycles. The number of carbonyl (C=O) groups is 1. The first-order valence-electron chi connectivity index (χ1n) is 5.08. The standard InChI is InChI=1S/C13H13NO2/c1-8-4-5-10-11(13(15)16-3)6-7-14-12(10)9(8)2/h4-7H,1-3H3. The van der Waals surface area contributed by atoms with Gasteiger partial charge in [0, 0.05) is 11.6 Å². The zero-order chi connectivity index (χ0) is 11.7. The molecule has 82 valence electrons. The first kappa shape index (κ1) is 10.6. The minimum Gasteiger partial charge on any atom is -0.465 e. The summed E-state index contributed by atoms with van der Waals surface area (Å²) in [6.45, 7) is 4.03. The summed E-state index contributed by atoms with van der Waals surface area (Å²) in [4.78, 5) is 15.9. The van der Waals surface area contributed by atoms with Gasteiger partial charge in [0.05, 0.1) is 18.2 Å². The molecular formula is C13H13NO2. The number of esters is 1. The molecule has 0 unspecified atom stereocenters. The van der Waals surface area contributed by atoms with Gasteiger partial charge in [0.15, 0.2) is 0 Å². The van der Waals surface area contributed by atoms with Crippen LogP contribution in [-0.4, -0.2) is 18.1 Å². The summed E-state index contributed by atoms with van der Waals surface area (Å²) in [6.07, 6.45) is 1.64. The second kappa shape index (κ2) is 3.93. The summed E-state index contributed by atoms with van der Waals surface area (Å²) in [5.74, 6) is -0.323. The van der Waals surface area contributed by atoms with E-state index in [1.165, 1.54) is 12.7 Å². The molecule has 1 heterocycles. The Hall–Kier alpha value is -1.90. The largest absolute Gasteiger partial charge is 0.465 e. The highest BCUT2D eigenvalue weighted by Crippen LogP contribution is 2.22. The van der Waals surface area contributed by atoms with Gasteiger partial charge in [0.1, 0.15) is 0 Å². The van der Waals surface area contributed by atoms with Crippen molar-refractivity contribution in [3.8, 4) is 0 Å². The van der Waals surface area contributed by atoms with Crippen LogP contribution in [-0.2, 0) is 4.74 Å². The third-order valence-electron chi connectivity index (χ3n) is 2.84. The Morgan fingerprint density at radius 3 is 2.69 bits per heavy atom. The minimum atomic E-state index is -0.323. The third-order valence-corrected chi connectivity index (χ3v) is 2.84. The maximum atomic E-state index is 11.6. The minimum absolute atomic E-state index is 0.323. The van der Waals surface area contributed by atoms with Crippen molar-refractivity contribution in [1.82, 2.24) is 4.98 Å². The molecule has 0 aliphatic rings. The highest BCUT2D eigenvalue weighted by molar-refractivity contribution is 6.04. The lowest BCUT2D eigenvalue weighted by atomic mass is 10.0. The number of hydrogen-bond donors (Lipinski definition) is 0. The zero-order valence-corrected chi connectivity index (χ0v) is 9.57. The van der Waals surface area contributed by atoms with Crippen LogP contribution >= 0.6 is 0 Å². The van der Waals surface area contributed by atoms with Crippen LogP contribution < -0.4 is 0 Å². The van der Waals surface area contributed by atoms with E-state index in [1.54, 1.807) is 12.3 Å². The second-order valence-corrected chi connectivity index (χ2v) is 3.75. The van der Waals surface area contributed by atoms with Crippen molar-refractivity contribution in [1.29, 1.82) is 0 Å². The average molecular weight is 215 g/mol. The Kier molecular flexibility index (Phi) is 2.60. The third kappa shape index (κ3) is 1.54. The quantitative estimate of drug-likeness (QED) is 0.686. The highest BCUT2D eigenvalue weighted by Gasteiger charge is 2.12. The average Bonchev–Trinajstić information content (AvgIpc) is 2.32. The number of aromatic nitrogens is 1. The summed E-state index contributed by atoms with van der Waals surface area (Å²) in [5.41, 5.74) is 3.70. The molecule has 0 amide bonds. The van der Waals surface area contributed by atoms with Gasteiger partial charge < -0.3 is 4.74 Å². The lowest BCUT2D eigenvalue weighted by molar-refractivity contribution is 0.0603. The molecule has 0 aliphatic carbocycles. The van der Waals surface area contributed by atoms with Crippen molar-refractivity contribution >= 4 is 16.9 Å². The van der Waals surface area contributed by atoms with Crippen LogP contribution in [0.15, 0.2) is 24.4 Å². The molecule has 2 rings (SSSR count).